The van der Waals surface area contributed by atoms with Gasteiger partial charge in [0.05, 0.1) is 13.1 Å². The lowest BCUT2D eigenvalue weighted by Crippen LogP contribution is -2.56. The fourth-order valence-corrected chi connectivity index (χ4v) is 3.21. The lowest BCUT2D eigenvalue weighted by Gasteiger charge is -2.38. The number of hydrogen-bond donors (Lipinski definition) is 2. The van der Waals surface area contributed by atoms with Crippen LogP contribution >= 0.6 is 24.8 Å². The first-order valence-electron chi connectivity index (χ1n) is 9.00. The molecule has 0 aromatic rings. The van der Waals surface area contributed by atoms with Crippen molar-refractivity contribution in [2.75, 3.05) is 58.9 Å². The molecule has 0 spiro atoms. The third-order valence-electron chi connectivity index (χ3n) is 4.58. The molecule has 0 saturated carbocycles. The molecule has 2 heterocycles. The number of hydrogen-bond acceptors (Lipinski definition) is 5. The average molecular weight is 412 g/mol. The van der Waals surface area contributed by atoms with Crippen LogP contribution in [0.2, 0.25) is 0 Å². The van der Waals surface area contributed by atoms with Crippen LogP contribution in [-0.4, -0.2) is 97.0 Å². The smallest absolute Gasteiger partial charge is 0.236 e. The summed E-state index contributed by atoms with van der Waals surface area (Å²) in [6.45, 7) is 14.8. The van der Waals surface area contributed by atoms with Crippen LogP contribution in [0.3, 0.4) is 0 Å². The molecule has 2 amide bonds. The van der Waals surface area contributed by atoms with E-state index in [0.717, 1.165) is 32.7 Å². The largest absolute Gasteiger partial charge is 0.350 e. The molecule has 0 radical (unpaired) electrons. The molecule has 2 aliphatic heterocycles. The lowest BCUT2D eigenvalue weighted by atomic mass is 10.1. The summed E-state index contributed by atoms with van der Waals surface area (Å²) in [5.41, 5.74) is -0.200. The fourth-order valence-electron chi connectivity index (χ4n) is 3.21. The Labute approximate surface area is 170 Å². The molecule has 2 rings (SSSR count). The van der Waals surface area contributed by atoms with E-state index in [-0.39, 0.29) is 42.2 Å². The van der Waals surface area contributed by atoms with Crippen molar-refractivity contribution in [1.82, 2.24) is 25.3 Å². The second-order valence-corrected chi connectivity index (χ2v) is 7.98. The van der Waals surface area contributed by atoms with E-state index >= 15 is 0 Å². The van der Waals surface area contributed by atoms with E-state index in [9.17, 15) is 9.59 Å². The number of carbonyl (C=O) groups is 2. The Morgan fingerprint density at radius 2 is 1.65 bits per heavy atom. The monoisotopic (exact) mass is 411 g/mol. The number of amides is 2. The summed E-state index contributed by atoms with van der Waals surface area (Å²) in [7, 11) is 0. The van der Waals surface area contributed by atoms with Gasteiger partial charge in [0.2, 0.25) is 11.8 Å². The van der Waals surface area contributed by atoms with Gasteiger partial charge >= 0.3 is 0 Å². The molecule has 154 valence electrons. The predicted molar refractivity (Wildman–Crippen MR) is 109 cm³/mol. The van der Waals surface area contributed by atoms with E-state index in [2.05, 4.69) is 27.4 Å². The first-order chi connectivity index (χ1) is 11.2. The highest BCUT2D eigenvalue weighted by atomic mass is 35.5. The van der Waals surface area contributed by atoms with Crippen LogP contribution in [-0.2, 0) is 9.59 Å². The van der Waals surface area contributed by atoms with Crippen molar-refractivity contribution in [1.29, 1.82) is 0 Å². The molecule has 0 aliphatic carbocycles. The number of carbonyl (C=O) groups excluding carboxylic acids is 2. The van der Waals surface area contributed by atoms with Gasteiger partial charge in [-0.3, -0.25) is 19.4 Å². The summed E-state index contributed by atoms with van der Waals surface area (Å²) in [5.74, 6) is 0.263. The molecular formula is C17H35Cl2N5O2. The number of halogens is 2. The Morgan fingerprint density at radius 1 is 1.04 bits per heavy atom. The molecule has 26 heavy (non-hydrogen) atoms. The number of piperazine rings is 2. The predicted octanol–water partition coefficient (Wildman–Crippen LogP) is 0.183. The van der Waals surface area contributed by atoms with Gasteiger partial charge < -0.3 is 15.5 Å². The molecule has 2 aliphatic rings. The molecular weight excluding hydrogens is 377 g/mol. The molecule has 0 aromatic carbocycles. The van der Waals surface area contributed by atoms with Crippen LogP contribution in [0.15, 0.2) is 0 Å². The number of rotatable bonds is 4. The van der Waals surface area contributed by atoms with Crippen molar-refractivity contribution in [3.05, 3.63) is 0 Å². The van der Waals surface area contributed by atoms with Crippen LogP contribution in [0.5, 0.6) is 0 Å². The molecule has 2 N–H and O–H groups in total. The fraction of sp³-hybridized carbons (Fsp3) is 0.882. The van der Waals surface area contributed by atoms with Gasteiger partial charge in [-0.05, 0) is 27.7 Å². The van der Waals surface area contributed by atoms with Crippen molar-refractivity contribution >= 4 is 36.6 Å². The van der Waals surface area contributed by atoms with Crippen LogP contribution in [0.25, 0.3) is 0 Å². The Bertz CT molecular complexity index is 451. The molecule has 0 unspecified atom stereocenters. The maximum absolute atomic E-state index is 12.5. The van der Waals surface area contributed by atoms with E-state index in [0.29, 0.717) is 32.2 Å². The van der Waals surface area contributed by atoms with Crippen LogP contribution in [0, 0.1) is 0 Å². The quantitative estimate of drug-likeness (QED) is 0.690. The summed E-state index contributed by atoms with van der Waals surface area (Å²) < 4.78 is 0. The van der Waals surface area contributed by atoms with Gasteiger partial charge in [0.15, 0.2) is 0 Å². The first-order valence-corrected chi connectivity index (χ1v) is 9.00. The second kappa shape index (κ2) is 11.3. The van der Waals surface area contributed by atoms with Gasteiger partial charge in [-0.15, -0.1) is 24.8 Å². The molecule has 1 atom stereocenters. The molecule has 2 saturated heterocycles. The lowest BCUT2D eigenvalue weighted by molar-refractivity contribution is -0.135. The summed E-state index contributed by atoms with van der Waals surface area (Å²) in [6.07, 6.45) is 0. The third kappa shape index (κ3) is 8.39. The maximum atomic E-state index is 12.5. The molecule has 7 nitrogen and oxygen atoms in total. The summed E-state index contributed by atoms with van der Waals surface area (Å²) in [6, 6.07) is 0.407. The summed E-state index contributed by atoms with van der Waals surface area (Å²) in [5, 5.41) is 6.33. The van der Waals surface area contributed by atoms with Gasteiger partial charge in [-0.25, -0.2) is 0 Å². The van der Waals surface area contributed by atoms with E-state index in [1.165, 1.54) is 0 Å². The standard InChI is InChI=1S/C17H33N5O2.2ClH/c1-14-11-18-5-6-22(14)13-16(24)21-9-7-20(8-10-21)12-15(23)19-17(2,3)4;;/h14,18H,5-13H2,1-4H3,(H,19,23);2*1H/t14-;;/m0../s1. The van der Waals surface area contributed by atoms with Gasteiger partial charge in [0, 0.05) is 57.4 Å². The maximum Gasteiger partial charge on any atom is 0.236 e. The second-order valence-electron chi connectivity index (χ2n) is 7.98. The minimum absolute atomic E-state index is 0. The topological polar surface area (TPSA) is 67.9 Å². The van der Waals surface area contributed by atoms with Gasteiger partial charge in [-0.1, -0.05) is 0 Å². The normalized spacial score (nSPS) is 22.2. The van der Waals surface area contributed by atoms with Crippen LogP contribution in [0.4, 0.5) is 0 Å². The Kier molecular flexibility index (Phi) is 11.0. The van der Waals surface area contributed by atoms with E-state index in [1.807, 2.05) is 25.7 Å². The van der Waals surface area contributed by atoms with E-state index in [4.69, 9.17) is 0 Å². The molecule has 2 fully saturated rings. The van der Waals surface area contributed by atoms with Crippen molar-refractivity contribution in [3.8, 4) is 0 Å². The zero-order valence-electron chi connectivity index (χ0n) is 16.4. The van der Waals surface area contributed by atoms with Crippen molar-refractivity contribution in [2.24, 2.45) is 0 Å². The zero-order valence-corrected chi connectivity index (χ0v) is 18.0. The first kappa shape index (κ1) is 25.4. The Hall–Kier alpha value is -0.600. The van der Waals surface area contributed by atoms with E-state index < -0.39 is 0 Å². The molecule has 0 bridgehead atoms. The highest BCUT2D eigenvalue weighted by molar-refractivity contribution is 5.85. The molecule has 9 heteroatoms. The SMILES string of the molecule is C[C@H]1CNCCN1CC(=O)N1CCN(CC(=O)NC(C)(C)C)CC1.Cl.Cl. The Morgan fingerprint density at radius 3 is 2.19 bits per heavy atom. The minimum atomic E-state index is -0.200. The third-order valence-corrected chi connectivity index (χ3v) is 4.58. The van der Waals surface area contributed by atoms with E-state index in [1.54, 1.807) is 0 Å². The van der Waals surface area contributed by atoms with Gasteiger partial charge in [0.1, 0.15) is 0 Å². The van der Waals surface area contributed by atoms with Gasteiger partial charge in [-0.2, -0.15) is 0 Å². The van der Waals surface area contributed by atoms with Crippen molar-refractivity contribution in [3.63, 3.8) is 0 Å². The zero-order chi connectivity index (χ0) is 17.7. The van der Waals surface area contributed by atoms with Gasteiger partial charge in [0.25, 0.3) is 0 Å². The highest BCUT2D eigenvalue weighted by Crippen LogP contribution is 2.07. The van der Waals surface area contributed by atoms with Crippen LogP contribution < -0.4 is 10.6 Å². The average Bonchev–Trinajstić information content (AvgIpc) is 2.48. The minimum Gasteiger partial charge on any atom is -0.350 e. The summed E-state index contributed by atoms with van der Waals surface area (Å²) >= 11 is 0. The number of nitrogens with zero attached hydrogens (tertiary/aromatic N) is 3. The Balaban J connectivity index is 0.00000312. The molecule has 0 aromatic heterocycles. The highest BCUT2D eigenvalue weighted by Gasteiger charge is 2.26. The van der Waals surface area contributed by atoms with Crippen molar-refractivity contribution in [2.45, 2.75) is 39.3 Å². The van der Waals surface area contributed by atoms with Crippen molar-refractivity contribution < 1.29 is 9.59 Å². The number of nitrogens with one attached hydrogen (secondary N) is 2. The van der Waals surface area contributed by atoms with Crippen LogP contribution in [0.1, 0.15) is 27.7 Å². The summed E-state index contributed by atoms with van der Waals surface area (Å²) in [4.78, 5) is 30.8.